The summed E-state index contributed by atoms with van der Waals surface area (Å²) in [4.78, 5) is 27.0. The summed E-state index contributed by atoms with van der Waals surface area (Å²) in [5, 5.41) is 11.7. The molecule has 2 aliphatic heterocycles. The first-order valence-electron chi connectivity index (χ1n) is 15.3. The maximum atomic E-state index is 12.9. The average molecular weight is 631 g/mol. The molecule has 0 spiro atoms. The summed E-state index contributed by atoms with van der Waals surface area (Å²) in [5.74, 6) is 1.38. The van der Waals surface area contributed by atoms with Crippen LogP contribution >= 0.6 is 0 Å². The summed E-state index contributed by atoms with van der Waals surface area (Å²) in [7, 11) is 3.22. The first-order chi connectivity index (χ1) is 22.4. The molecule has 0 saturated carbocycles. The minimum atomic E-state index is -1.20. The number of methoxy groups -OCH3 is 2. The summed E-state index contributed by atoms with van der Waals surface area (Å²) < 4.78 is 37.5. The molecule has 0 bridgehead atoms. The Balaban J connectivity index is 1.39. The van der Waals surface area contributed by atoms with Crippen molar-refractivity contribution in [3.63, 3.8) is 0 Å². The van der Waals surface area contributed by atoms with Gasteiger partial charge in [-0.3, -0.25) is 14.3 Å². The van der Waals surface area contributed by atoms with E-state index in [4.69, 9.17) is 28.4 Å². The average Bonchev–Trinajstić information content (AvgIpc) is 3.40. The molecule has 3 heterocycles. The van der Waals surface area contributed by atoms with Gasteiger partial charge in [-0.1, -0.05) is 54.6 Å². The summed E-state index contributed by atoms with van der Waals surface area (Å²) in [6, 6.07) is 26.2. The van der Waals surface area contributed by atoms with Gasteiger partial charge < -0.3 is 33.5 Å². The van der Waals surface area contributed by atoms with Crippen molar-refractivity contribution in [2.75, 3.05) is 27.4 Å². The van der Waals surface area contributed by atoms with Crippen molar-refractivity contribution in [2.45, 2.75) is 55.7 Å². The van der Waals surface area contributed by atoms with Gasteiger partial charge in [0.05, 0.1) is 20.8 Å². The summed E-state index contributed by atoms with van der Waals surface area (Å²) in [5.41, 5.74) is 0.0926. The topological polar surface area (TPSA) is 130 Å². The highest BCUT2D eigenvalue weighted by atomic mass is 16.7. The normalized spacial score (nSPS) is 23.2. The van der Waals surface area contributed by atoms with E-state index in [-0.39, 0.29) is 6.61 Å². The van der Waals surface area contributed by atoms with Gasteiger partial charge in [0.25, 0.3) is 5.56 Å². The summed E-state index contributed by atoms with van der Waals surface area (Å²) in [6.07, 6.45) is -0.910. The van der Waals surface area contributed by atoms with Gasteiger partial charge in [0.2, 0.25) is 0 Å². The minimum absolute atomic E-state index is 0.0892. The molecular weight excluding hydrogens is 592 g/mol. The van der Waals surface area contributed by atoms with Crippen LogP contribution in [-0.4, -0.2) is 66.7 Å². The second kappa shape index (κ2) is 14.0. The van der Waals surface area contributed by atoms with Crippen LogP contribution in [0.2, 0.25) is 0 Å². The van der Waals surface area contributed by atoms with E-state index < -0.39 is 47.7 Å². The van der Waals surface area contributed by atoms with E-state index in [0.29, 0.717) is 24.5 Å². The van der Waals surface area contributed by atoms with Gasteiger partial charge in [0.15, 0.2) is 12.5 Å². The molecule has 0 aliphatic carbocycles. The Hall–Kier alpha value is -4.26. The van der Waals surface area contributed by atoms with Crippen LogP contribution in [-0.2, 0) is 24.5 Å². The van der Waals surface area contributed by atoms with Crippen molar-refractivity contribution in [1.29, 1.82) is 0 Å². The lowest BCUT2D eigenvalue weighted by molar-refractivity contribution is -0.215. The quantitative estimate of drug-likeness (QED) is 0.238. The van der Waals surface area contributed by atoms with Gasteiger partial charge in [-0.25, -0.2) is 4.79 Å². The lowest BCUT2D eigenvalue weighted by atomic mass is 9.80. The zero-order valence-electron chi connectivity index (χ0n) is 25.7. The Morgan fingerprint density at radius 3 is 2.07 bits per heavy atom. The lowest BCUT2D eigenvalue weighted by Crippen LogP contribution is -2.43. The number of hydrogen-bond donors (Lipinski definition) is 2. The van der Waals surface area contributed by atoms with Crippen LogP contribution in [0.5, 0.6) is 11.5 Å². The summed E-state index contributed by atoms with van der Waals surface area (Å²) in [6.45, 7) is 0.446. The molecule has 6 rings (SSSR count). The molecule has 2 N–H and O–H groups in total. The van der Waals surface area contributed by atoms with Crippen molar-refractivity contribution in [3.05, 3.63) is 129 Å². The molecule has 2 fully saturated rings. The Morgan fingerprint density at radius 1 is 0.870 bits per heavy atom. The van der Waals surface area contributed by atoms with E-state index in [1.54, 1.807) is 14.2 Å². The third-order valence-electron chi connectivity index (χ3n) is 8.52. The van der Waals surface area contributed by atoms with Crippen LogP contribution < -0.4 is 20.7 Å². The molecular formula is C35H38N2O9. The van der Waals surface area contributed by atoms with Crippen molar-refractivity contribution in [1.82, 2.24) is 9.55 Å². The van der Waals surface area contributed by atoms with Gasteiger partial charge in [-0.15, -0.1) is 0 Å². The van der Waals surface area contributed by atoms with Crippen molar-refractivity contribution >= 4 is 0 Å². The van der Waals surface area contributed by atoms with Gasteiger partial charge in [0, 0.05) is 18.9 Å². The molecule has 11 heteroatoms. The Bertz CT molecular complexity index is 1630. The van der Waals surface area contributed by atoms with Crippen LogP contribution in [0.4, 0.5) is 0 Å². The second-order valence-corrected chi connectivity index (χ2v) is 11.3. The van der Waals surface area contributed by atoms with Gasteiger partial charge in [-0.05, 0) is 60.2 Å². The van der Waals surface area contributed by atoms with E-state index in [1.165, 1.54) is 16.8 Å². The molecule has 2 saturated heterocycles. The van der Waals surface area contributed by atoms with Crippen molar-refractivity contribution in [3.8, 4) is 11.5 Å². The maximum Gasteiger partial charge on any atom is 0.330 e. The smallest absolute Gasteiger partial charge is 0.330 e. The van der Waals surface area contributed by atoms with Crippen LogP contribution in [0.1, 0.15) is 42.2 Å². The summed E-state index contributed by atoms with van der Waals surface area (Å²) >= 11 is 0. The fourth-order valence-electron chi connectivity index (χ4n) is 6.13. The number of H-pyrrole nitrogens is 1. The number of aromatic amines is 1. The number of aliphatic hydroxyl groups is 1. The largest absolute Gasteiger partial charge is 0.497 e. The molecule has 1 aromatic heterocycles. The van der Waals surface area contributed by atoms with Crippen LogP contribution in [0, 0.1) is 0 Å². The molecule has 3 aromatic carbocycles. The fourth-order valence-corrected chi connectivity index (χ4v) is 6.13. The van der Waals surface area contributed by atoms with E-state index in [2.05, 4.69) is 4.98 Å². The number of benzene rings is 3. The zero-order chi connectivity index (χ0) is 32.1. The number of nitrogens with one attached hydrogen (secondary N) is 1. The highest BCUT2D eigenvalue weighted by molar-refractivity contribution is 5.49. The number of ether oxygens (including phenoxy) is 6. The molecule has 11 nitrogen and oxygen atoms in total. The third kappa shape index (κ3) is 6.37. The Labute approximate surface area is 266 Å². The van der Waals surface area contributed by atoms with E-state index >= 15 is 0 Å². The second-order valence-electron chi connectivity index (χ2n) is 11.3. The predicted octanol–water partition coefficient (Wildman–Crippen LogP) is 3.73. The highest BCUT2D eigenvalue weighted by Gasteiger charge is 2.49. The molecule has 0 radical (unpaired) electrons. The monoisotopic (exact) mass is 630 g/mol. The fraction of sp³-hybridized carbons (Fsp3) is 0.371. The Kier molecular flexibility index (Phi) is 9.67. The number of hydrogen-bond acceptors (Lipinski definition) is 9. The Morgan fingerprint density at radius 2 is 1.50 bits per heavy atom. The number of aromatic nitrogens is 2. The van der Waals surface area contributed by atoms with Gasteiger partial charge >= 0.3 is 5.69 Å². The SMILES string of the molecule is COc1ccc(C(OC[C@H]2O[C@@H](n3ccc(=O)[nH]c3=O)[C@H](O[C@@H]3CCCCO3)[C@@H]2O)(c2ccccc2)c2ccc(OC)cc2)cc1. The first-order valence-corrected chi connectivity index (χ1v) is 15.3. The first kappa shape index (κ1) is 31.7. The molecule has 4 aromatic rings. The molecule has 242 valence electrons. The van der Waals surface area contributed by atoms with E-state index in [9.17, 15) is 14.7 Å². The molecule has 46 heavy (non-hydrogen) atoms. The van der Waals surface area contributed by atoms with Crippen molar-refractivity contribution in [2.24, 2.45) is 0 Å². The molecule has 2 aliphatic rings. The molecule has 0 unspecified atom stereocenters. The van der Waals surface area contributed by atoms with Crippen molar-refractivity contribution < 1.29 is 33.5 Å². The van der Waals surface area contributed by atoms with Crippen LogP contribution in [0.25, 0.3) is 0 Å². The van der Waals surface area contributed by atoms with E-state index in [0.717, 1.165) is 29.5 Å². The lowest BCUT2D eigenvalue weighted by Gasteiger charge is -2.37. The highest BCUT2D eigenvalue weighted by Crippen LogP contribution is 2.43. The standard InChI is InChI=1S/C35H38N2O9/c1-41-26-15-11-24(12-16-26)35(23-8-4-3-5-9-23,25-13-17-27(42-2)18-14-25)44-22-28-31(39)32(46-30-10-6-7-21-43-30)33(45-28)37-20-19-29(38)36-34(37)40/h3-5,8-9,11-20,28,30-33,39H,6-7,10,21-22H2,1-2H3,(H,36,38,40)/t28-,30-,31-,32-,33-/m1/s1. The van der Waals surface area contributed by atoms with Crippen LogP contribution in [0.3, 0.4) is 0 Å². The maximum absolute atomic E-state index is 12.9. The van der Waals surface area contributed by atoms with Crippen LogP contribution in [0.15, 0.2) is 101 Å². The zero-order valence-corrected chi connectivity index (χ0v) is 25.7. The number of nitrogens with zero attached hydrogens (tertiary/aromatic N) is 1. The third-order valence-corrected chi connectivity index (χ3v) is 8.52. The number of aliphatic hydroxyl groups excluding tert-OH is 1. The molecule has 5 atom stereocenters. The number of rotatable bonds is 11. The predicted molar refractivity (Wildman–Crippen MR) is 168 cm³/mol. The van der Waals surface area contributed by atoms with E-state index in [1.807, 2.05) is 78.9 Å². The van der Waals surface area contributed by atoms with Gasteiger partial charge in [-0.2, -0.15) is 0 Å². The minimum Gasteiger partial charge on any atom is -0.497 e. The molecule has 0 amide bonds. The van der Waals surface area contributed by atoms with Gasteiger partial charge in [0.1, 0.15) is 35.4 Å².